The molecule has 38 heavy (non-hydrogen) atoms. The van der Waals surface area contributed by atoms with E-state index in [4.69, 9.17) is 9.72 Å². The summed E-state index contributed by atoms with van der Waals surface area (Å²) in [6.45, 7) is 0. The molecule has 8 nitrogen and oxygen atoms in total. The van der Waals surface area contributed by atoms with Crippen molar-refractivity contribution in [1.82, 2.24) is 24.9 Å². The van der Waals surface area contributed by atoms with Crippen LogP contribution in [0, 0.1) is 0 Å². The first-order chi connectivity index (χ1) is 18.8. The van der Waals surface area contributed by atoms with Crippen LogP contribution < -0.4 is 15.4 Å². The minimum Gasteiger partial charge on any atom is -0.438 e. The molecule has 0 bridgehead atoms. The normalized spacial score (nSPS) is 10.8. The number of ether oxygens (including phenoxy) is 1. The summed E-state index contributed by atoms with van der Waals surface area (Å²) in [4.78, 5) is 22.1. The third kappa shape index (κ3) is 4.70. The Hall–Kier alpha value is -5.37. The molecule has 0 aliphatic heterocycles. The summed E-state index contributed by atoms with van der Waals surface area (Å²) in [6, 6.07) is 25.5. The molecular weight excluding hydrogens is 474 g/mol. The molecule has 0 saturated heterocycles. The van der Waals surface area contributed by atoms with Crippen LogP contribution in [0.4, 0.5) is 17.5 Å². The van der Waals surface area contributed by atoms with Gasteiger partial charge in [-0.1, -0.05) is 30.3 Å². The summed E-state index contributed by atoms with van der Waals surface area (Å²) in [5, 5.41) is 8.53. The number of nitrogens with one attached hydrogen (secondary N) is 2. The van der Waals surface area contributed by atoms with E-state index in [2.05, 4.69) is 42.7 Å². The Morgan fingerprint density at radius 1 is 0.684 bits per heavy atom. The molecule has 0 amide bonds. The molecule has 0 atom stereocenters. The molecule has 8 heteroatoms. The Morgan fingerprint density at radius 2 is 1.53 bits per heavy atom. The van der Waals surface area contributed by atoms with Crippen molar-refractivity contribution < 1.29 is 4.74 Å². The number of nitrogens with zero attached hydrogens (tertiary/aromatic N) is 5. The summed E-state index contributed by atoms with van der Waals surface area (Å²) in [5.41, 5.74) is 4.46. The predicted molar refractivity (Wildman–Crippen MR) is 150 cm³/mol. The monoisotopic (exact) mass is 497 g/mol. The molecule has 0 unspecified atom stereocenters. The van der Waals surface area contributed by atoms with Crippen LogP contribution in [0.2, 0.25) is 0 Å². The van der Waals surface area contributed by atoms with Crippen molar-refractivity contribution in [3.63, 3.8) is 0 Å². The molecule has 6 rings (SSSR count). The van der Waals surface area contributed by atoms with Gasteiger partial charge < -0.3 is 15.4 Å². The second kappa shape index (κ2) is 10.3. The molecule has 0 aliphatic rings. The van der Waals surface area contributed by atoms with Gasteiger partial charge in [-0.15, -0.1) is 0 Å². The quantitative estimate of drug-likeness (QED) is 0.251. The zero-order chi connectivity index (χ0) is 25.7. The molecule has 0 saturated carbocycles. The van der Waals surface area contributed by atoms with Crippen molar-refractivity contribution in [2.24, 2.45) is 0 Å². The molecule has 0 spiro atoms. The second-order valence-electron chi connectivity index (χ2n) is 8.43. The van der Waals surface area contributed by atoms with E-state index < -0.39 is 0 Å². The van der Waals surface area contributed by atoms with Gasteiger partial charge in [-0.2, -0.15) is 0 Å². The van der Waals surface area contributed by atoms with Crippen molar-refractivity contribution >= 4 is 28.2 Å². The number of hydrogen-bond donors (Lipinski definition) is 2. The molecule has 2 N–H and O–H groups in total. The predicted octanol–water partition coefficient (Wildman–Crippen LogP) is 6.73. The number of hydrogen-bond acceptors (Lipinski definition) is 8. The highest BCUT2D eigenvalue weighted by atomic mass is 16.5. The first-order valence-corrected chi connectivity index (χ1v) is 12.1. The first kappa shape index (κ1) is 23.1. The lowest BCUT2D eigenvalue weighted by molar-refractivity contribution is 0.465. The molecule has 4 heterocycles. The lowest BCUT2D eigenvalue weighted by atomic mass is 10.0. The van der Waals surface area contributed by atoms with E-state index in [9.17, 15) is 0 Å². The van der Waals surface area contributed by atoms with Crippen molar-refractivity contribution in [1.29, 1.82) is 0 Å². The molecule has 2 aromatic carbocycles. The zero-order valence-electron chi connectivity index (χ0n) is 20.5. The van der Waals surface area contributed by atoms with Gasteiger partial charge in [0, 0.05) is 60.2 Å². The molecule has 4 aromatic heterocycles. The third-order valence-corrected chi connectivity index (χ3v) is 6.03. The summed E-state index contributed by atoms with van der Waals surface area (Å²) >= 11 is 0. The Balaban J connectivity index is 1.25. The smallest absolute Gasteiger partial charge is 0.228 e. The van der Waals surface area contributed by atoms with Gasteiger partial charge in [0.15, 0.2) is 0 Å². The van der Waals surface area contributed by atoms with Crippen molar-refractivity contribution in [3.8, 4) is 34.0 Å². The minimum absolute atomic E-state index is 0.465. The largest absolute Gasteiger partial charge is 0.438 e. The van der Waals surface area contributed by atoms with Gasteiger partial charge in [0.25, 0.3) is 0 Å². The van der Waals surface area contributed by atoms with Gasteiger partial charge in [-0.3, -0.25) is 4.98 Å². The topological polar surface area (TPSA) is 97.7 Å². The number of benzene rings is 2. The lowest BCUT2D eigenvalue weighted by Crippen LogP contribution is -1.98. The number of anilines is 3. The Kier molecular flexibility index (Phi) is 6.26. The third-order valence-electron chi connectivity index (χ3n) is 6.03. The molecule has 6 aromatic rings. The maximum Gasteiger partial charge on any atom is 0.228 e. The molecule has 0 aliphatic carbocycles. The van der Waals surface area contributed by atoms with E-state index in [0.717, 1.165) is 44.7 Å². The molecule has 0 radical (unpaired) electrons. The number of rotatable bonds is 7. The van der Waals surface area contributed by atoms with Gasteiger partial charge in [0.1, 0.15) is 11.6 Å². The van der Waals surface area contributed by atoms with Crippen LogP contribution in [0.15, 0.2) is 110 Å². The van der Waals surface area contributed by atoms with Crippen LogP contribution in [0.1, 0.15) is 0 Å². The van der Waals surface area contributed by atoms with Gasteiger partial charge in [0.2, 0.25) is 11.8 Å². The molecular formula is C30H23N7O. The summed E-state index contributed by atoms with van der Waals surface area (Å²) < 4.78 is 6.14. The van der Waals surface area contributed by atoms with Crippen molar-refractivity contribution in [3.05, 3.63) is 110 Å². The highest BCUT2D eigenvalue weighted by Crippen LogP contribution is 2.34. The van der Waals surface area contributed by atoms with E-state index in [0.29, 0.717) is 17.6 Å². The fraction of sp³-hybridized carbons (Fsp3) is 0.0333. The van der Waals surface area contributed by atoms with Crippen LogP contribution in [0.3, 0.4) is 0 Å². The average molecular weight is 498 g/mol. The van der Waals surface area contributed by atoms with E-state index in [1.165, 1.54) is 0 Å². The lowest BCUT2D eigenvalue weighted by Gasteiger charge is -2.13. The van der Waals surface area contributed by atoms with E-state index in [1.54, 1.807) is 25.6 Å². The van der Waals surface area contributed by atoms with Crippen LogP contribution in [-0.4, -0.2) is 32.0 Å². The highest BCUT2D eigenvalue weighted by molar-refractivity contribution is 6.02. The second-order valence-corrected chi connectivity index (χ2v) is 8.43. The first-order valence-electron chi connectivity index (χ1n) is 12.1. The van der Waals surface area contributed by atoms with Gasteiger partial charge >= 0.3 is 0 Å². The van der Waals surface area contributed by atoms with Crippen LogP contribution in [0.5, 0.6) is 11.6 Å². The number of pyridine rings is 3. The maximum absolute atomic E-state index is 6.14. The van der Waals surface area contributed by atoms with Crippen LogP contribution >= 0.6 is 0 Å². The summed E-state index contributed by atoms with van der Waals surface area (Å²) in [7, 11) is 1.78. The highest BCUT2D eigenvalue weighted by Gasteiger charge is 2.12. The Labute approximate surface area is 219 Å². The van der Waals surface area contributed by atoms with Gasteiger partial charge in [-0.25, -0.2) is 19.9 Å². The standard InChI is InChI=1S/C30H23N7O/c1-31-30-34-17-14-27(37-30)25-9-5-16-33-29(25)38-22-12-10-21(11-13-22)36-28-24-8-3-2-7-23(24)26(19-35-28)20-6-4-15-32-18-20/h2-19H,1H3,(H,35,36)(H,31,34,37). The van der Waals surface area contributed by atoms with Crippen LogP contribution in [0.25, 0.3) is 33.2 Å². The molecule has 0 fully saturated rings. The van der Waals surface area contributed by atoms with Gasteiger partial charge in [-0.05, 0) is 53.9 Å². The average Bonchev–Trinajstić information content (AvgIpc) is 2.99. The van der Waals surface area contributed by atoms with E-state index in [1.807, 2.05) is 79.1 Å². The minimum atomic E-state index is 0.465. The fourth-order valence-corrected chi connectivity index (χ4v) is 4.20. The SMILES string of the molecule is CNc1nccc(-c2cccnc2Oc2ccc(Nc3ncc(-c4cccnc4)c4ccccc34)cc2)n1. The van der Waals surface area contributed by atoms with Crippen molar-refractivity contribution in [2.75, 3.05) is 17.7 Å². The van der Waals surface area contributed by atoms with Crippen LogP contribution in [-0.2, 0) is 0 Å². The van der Waals surface area contributed by atoms with E-state index in [-0.39, 0.29) is 0 Å². The number of fused-ring (bicyclic) bond motifs is 1. The number of aromatic nitrogens is 5. The fourth-order valence-electron chi connectivity index (χ4n) is 4.20. The van der Waals surface area contributed by atoms with E-state index >= 15 is 0 Å². The maximum atomic E-state index is 6.14. The van der Waals surface area contributed by atoms with Crippen molar-refractivity contribution in [2.45, 2.75) is 0 Å². The zero-order valence-corrected chi connectivity index (χ0v) is 20.5. The summed E-state index contributed by atoms with van der Waals surface area (Å²) in [5.74, 6) is 2.43. The Morgan fingerprint density at radius 3 is 2.34 bits per heavy atom. The summed E-state index contributed by atoms with van der Waals surface area (Å²) in [6.07, 6.45) is 8.90. The Bertz CT molecular complexity index is 1710. The molecule has 184 valence electrons. The van der Waals surface area contributed by atoms with Gasteiger partial charge in [0.05, 0.1) is 11.3 Å².